The second kappa shape index (κ2) is 6.06. The number of benzene rings is 2. The van der Waals surface area contributed by atoms with Gasteiger partial charge >= 0.3 is 0 Å². The van der Waals surface area contributed by atoms with E-state index in [0.29, 0.717) is 17.8 Å². The Bertz CT molecular complexity index is 612. The molecule has 0 unspecified atom stereocenters. The molecular formula is C15H15FN2O2. The number of nitrogens with one attached hydrogen (secondary N) is 1. The van der Waals surface area contributed by atoms with Crippen LogP contribution in [0.4, 0.5) is 10.1 Å². The standard InChI is InChI=1S/C15H15FN2O2/c1-20-14-8-11(4-7-13(14)16)15(19)18-9-10-2-5-12(17)6-3-10/h2-8H,9,17H2,1H3,(H,18,19). The van der Waals surface area contributed by atoms with Crippen LogP contribution in [0.2, 0.25) is 0 Å². The summed E-state index contributed by atoms with van der Waals surface area (Å²) in [6.07, 6.45) is 0. The Kier molecular flexibility index (Phi) is 4.20. The third-order valence-corrected chi connectivity index (χ3v) is 2.85. The van der Waals surface area contributed by atoms with Crippen molar-refractivity contribution in [2.75, 3.05) is 12.8 Å². The molecule has 0 saturated heterocycles. The van der Waals surface area contributed by atoms with Gasteiger partial charge in [0.1, 0.15) is 0 Å². The van der Waals surface area contributed by atoms with Crippen molar-refractivity contribution in [2.24, 2.45) is 0 Å². The van der Waals surface area contributed by atoms with E-state index in [9.17, 15) is 9.18 Å². The predicted molar refractivity (Wildman–Crippen MR) is 75.0 cm³/mol. The normalized spacial score (nSPS) is 10.1. The molecule has 2 aromatic rings. The van der Waals surface area contributed by atoms with E-state index in [2.05, 4.69) is 5.32 Å². The number of hydrogen-bond acceptors (Lipinski definition) is 3. The van der Waals surface area contributed by atoms with Crippen molar-refractivity contribution in [1.29, 1.82) is 0 Å². The van der Waals surface area contributed by atoms with Crippen LogP contribution in [0.3, 0.4) is 0 Å². The second-order valence-corrected chi connectivity index (χ2v) is 4.27. The van der Waals surface area contributed by atoms with Crippen molar-refractivity contribution in [1.82, 2.24) is 5.32 Å². The number of ether oxygens (including phenoxy) is 1. The molecule has 104 valence electrons. The Hall–Kier alpha value is -2.56. The van der Waals surface area contributed by atoms with Gasteiger partial charge in [-0.1, -0.05) is 12.1 Å². The van der Waals surface area contributed by atoms with Gasteiger partial charge in [-0.15, -0.1) is 0 Å². The van der Waals surface area contributed by atoms with Gasteiger partial charge in [0.2, 0.25) is 0 Å². The van der Waals surface area contributed by atoms with Crippen molar-refractivity contribution in [3.8, 4) is 5.75 Å². The second-order valence-electron chi connectivity index (χ2n) is 4.27. The topological polar surface area (TPSA) is 64.3 Å². The lowest BCUT2D eigenvalue weighted by atomic mass is 10.1. The van der Waals surface area contributed by atoms with Crippen molar-refractivity contribution in [3.63, 3.8) is 0 Å². The third-order valence-electron chi connectivity index (χ3n) is 2.85. The molecule has 20 heavy (non-hydrogen) atoms. The summed E-state index contributed by atoms with van der Waals surface area (Å²) in [7, 11) is 1.36. The molecule has 2 rings (SSSR count). The first kappa shape index (κ1) is 13.9. The van der Waals surface area contributed by atoms with Gasteiger partial charge in [0.15, 0.2) is 11.6 Å². The van der Waals surface area contributed by atoms with Crippen molar-refractivity contribution < 1.29 is 13.9 Å². The van der Waals surface area contributed by atoms with Crippen LogP contribution >= 0.6 is 0 Å². The molecule has 0 heterocycles. The first-order valence-electron chi connectivity index (χ1n) is 6.06. The zero-order valence-corrected chi connectivity index (χ0v) is 11.0. The fraction of sp³-hybridized carbons (Fsp3) is 0.133. The number of halogens is 1. The van der Waals surface area contributed by atoms with E-state index in [1.807, 2.05) is 12.1 Å². The van der Waals surface area contributed by atoms with Crippen LogP contribution < -0.4 is 15.8 Å². The van der Waals surface area contributed by atoms with Crippen LogP contribution in [0.15, 0.2) is 42.5 Å². The van der Waals surface area contributed by atoms with E-state index < -0.39 is 5.82 Å². The lowest BCUT2D eigenvalue weighted by molar-refractivity contribution is 0.0950. The van der Waals surface area contributed by atoms with Crippen LogP contribution in [-0.2, 0) is 6.54 Å². The first-order chi connectivity index (χ1) is 9.60. The van der Waals surface area contributed by atoms with E-state index in [4.69, 9.17) is 10.5 Å². The highest BCUT2D eigenvalue weighted by molar-refractivity contribution is 5.94. The van der Waals surface area contributed by atoms with E-state index in [1.54, 1.807) is 12.1 Å². The van der Waals surface area contributed by atoms with Gasteiger partial charge in [-0.05, 0) is 35.9 Å². The molecule has 4 nitrogen and oxygen atoms in total. The summed E-state index contributed by atoms with van der Waals surface area (Å²) < 4.78 is 18.1. The fourth-order valence-corrected chi connectivity index (χ4v) is 1.72. The Morgan fingerprint density at radius 2 is 1.95 bits per heavy atom. The predicted octanol–water partition coefficient (Wildman–Crippen LogP) is 2.35. The van der Waals surface area contributed by atoms with Crippen LogP contribution in [0, 0.1) is 5.82 Å². The Morgan fingerprint density at radius 1 is 1.25 bits per heavy atom. The van der Waals surface area contributed by atoms with E-state index >= 15 is 0 Å². The maximum atomic E-state index is 13.3. The zero-order valence-electron chi connectivity index (χ0n) is 11.0. The summed E-state index contributed by atoms with van der Waals surface area (Å²) >= 11 is 0. The summed E-state index contributed by atoms with van der Waals surface area (Å²) in [6, 6.07) is 11.2. The summed E-state index contributed by atoms with van der Waals surface area (Å²) in [5, 5.41) is 2.75. The summed E-state index contributed by atoms with van der Waals surface area (Å²) in [6.45, 7) is 0.374. The maximum absolute atomic E-state index is 13.3. The van der Waals surface area contributed by atoms with Gasteiger partial charge in [-0.25, -0.2) is 4.39 Å². The zero-order chi connectivity index (χ0) is 14.5. The molecule has 3 N–H and O–H groups in total. The number of methoxy groups -OCH3 is 1. The monoisotopic (exact) mass is 274 g/mol. The van der Waals surface area contributed by atoms with Crippen LogP contribution in [0.5, 0.6) is 5.75 Å². The molecule has 2 aromatic carbocycles. The molecule has 0 radical (unpaired) electrons. The Labute approximate surface area is 116 Å². The molecule has 0 spiro atoms. The molecule has 0 saturated carbocycles. The summed E-state index contributed by atoms with van der Waals surface area (Å²) in [5.41, 5.74) is 7.53. The summed E-state index contributed by atoms with van der Waals surface area (Å²) in [4.78, 5) is 12.0. The molecule has 0 aliphatic rings. The van der Waals surface area contributed by atoms with Crippen molar-refractivity contribution in [3.05, 3.63) is 59.4 Å². The smallest absolute Gasteiger partial charge is 0.251 e. The first-order valence-corrected chi connectivity index (χ1v) is 6.06. The molecule has 0 atom stereocenters. The molecular weight excluding hydrogens is 259 g/mol. The number of carbonyl (C=O) groups is 1. The van der Waals surface area contributed by atoms with Crippen LogP contribution in [0.25, 0.3) is 0 Å². The highest BCUT2D eigenvalue weighted by Crippen LogP contribution is 2.18. The molecule has 0 aromatic heterocycles. The average molecular weight is 274 g/mol. The van der Waals surface area contributed by atoms with Crippen molar-refractivity contribution >= 4 is 11.6 Å². The molecule has 1 amide bonds. The highest BCUT2D eigenvalue weighted by atomic mass is 19.1. The number of anilines is 1. The average Bonchev–Trinajstić information content (AvgIpc) is 2.47. The number of amides is 1. The van der Waals surface area contributed by atoms with E-state index in [0.717, 1.165) is 5.56 Å². The number of hydrogen-bond donors (Lipinski definition) is 2. The Balaban J connectivity index is 2.03. The largest absolute Gasteiger partial charge is 0.494 e. The van der Waals surface area contributed by atoms with Gasteiger partial charge in [0.25, 0.3) is 5.91 Å². The van der Waals surface area contributed by atoms with Crippen molar-refractivity contribution in [2.45, 2.75) is 6.54 Å². The van der Waals surface area contributed by atoms with Gasteiger partial charge in [-0.3, -0.25) is 4.79 Å². The molecule has 5 heteroatoms. The quantitative estimate of drug-likeness (QED) is 0.841. The third kappa shape index (κ3) is 3.26. The number of nitrogen functional groups attached to an aromatic ring is 1. The fourth-order valence-electron chi connectivity index (χ4n) is 1.72. The van der Waals surface area contributed by atoms with Gasteiger partial charge in [-0.2, -0.15) is 0 Å². The minimum absolute atomic E-state index is 0.0464. The number of carbonyl (C=O) groups excluding carboxylic acids is 1. The van der Waals surface area contributed by atoms with Gasteiger partial charge in [0.05, 0.1) is 7.11 Å². The highest BCUT2D eigenvalue weighted by Gasteiger charge is 2.09. The summed E-state index contributed by atoms with van der Waals surface area (Å²) in [5.74, 6) is -0.743. The molecule has 0 aliphatic carbocycles. The van der Waals surface area contributed by atoms with Gasteiger partial charge in [0, 0.05) is 17.8 Å². The van der Waals surface area contributed by atoms with Gasteiger partial charge < -0.3 is 15.8 Å². The molecule has 0 bridgehead atoms. The lowest BCUT2D eigenvalue weighted by Crippen LogP contribution is -2.22. The van der Waals surface area contributed by atoms with E-state index in [-0.39, 0.29) is 11.7 Å². The Morgan fingerprint density at radius 3 is 2.60 bits per heavy atom. The number of rotatable bonds is 4. The van der Waals surface area contributed by atoms with E-state index in [1.165, 1.54) is 25.3 Å². The minimum Gasteiger partial charge on any atom is -0.494 e. The van der Waals surface area contributed by atoms with Crippen LogP contribution in [-0.4, -0.2) is 13.0 Å². The number of nitrogens with two attached hydrogens (primary N) is 1. The lowest BCUT2D eigenvalue weighted by Gasteiger charge is -2.07. The minimum atomic E-state index is -0.498. The molecule has 0 fully saturated rings. The SMILES string of the molecule is COc1cc(C(=O)NCc2ccc(N)cc2)ccc1F. The maximum Gasteiger partial charge on any atom is 0.251 e. The molecule has 0 aliphatic heterocycles. The van der Waals surface area contributed by atoms with Crippen LogP contribution in [0.1, 0.15) is 15.9 Å².